The van der Waals surface area contributed by atoms with Crippen molar-refractivity contribution in [2.24, 2.45) is 5.92 Å². The van der Waals surface area contributed by atoms with Gasteiger partial charge in [0.25, 0.3) is 5.91 Å². The maximum absolute atomic E-state index is 13.7. The molecule has 0 aromatic carbocycles. The maximum Gasteiger partial charge on any atom is 0.417 e. The molecule has 6 nitrogen and oxygen atoms in total. The van der Waals surface area contributed by atoms with Crippen LogP contribution in [0.1, 0.15) is 40.0 Å². The normalized spacial score (nSPS) is 21.7. The fraction of sp³-hybridized carbons (Fsp3) is 0.360. The van der Waals surface area contributed by atoms with Crippen molar-refractivity contribution in [1.29, 1.82) is 0 Å². The lowest BCUT2D eigenvalue weighted by Gasteiger charge is -2.34. The van der Waals surface area contributed by atoms with E-state index in [1.807, 2.05) is 36.9 Å². The molecule has 34 heavy (non-hydrogen) atoms. The van der Waals surface area contributed by atoms with Gasteiger partial charge >= 0.3 is 6.18 Å². The van der Waals surface area contributed by atoms with Crippen LogP contribution in [0.15, 0.2) is 48.9 Å². The van der Waals surface area contributed by atoms with E-state index in [4.69, 9.17) is 0 Å². The summed E-state index contributed by atoms with van der Waals surface area (Å²) in [7, 11) is 0. The molecule has 176 valence electrons. The van der Waals surface area contributed by atoms with Gasteiger partial charge in [-0.2, -0.15) is 13.2 Å². The van der Waals surface area contributed by atoms with Gasteiger partial charge in [-0.05, 0) is 68.0 Å². The van der Waals surface area contributed by atoms with E-state index in [2.05, 4.69) is 20.3 Å². The number of halogens is 3. The first kappa shape index (κ1) is 22.3. The van der Waals surface area contributed by atoms with Crippen LogP contribution in [0.2, 0.25) is 0 Å². The third kappa shape index (κ3) is 4.10. The second kappa shape index (κ2) is 8.38. The van der Waals surface area contributed by atoms with Crippen molar-refractivity contribution in [2.45, 2.75) is 44.9 Å². The highest BCUT2D eigenvalue weighted by atomic mass is 19.4. The third-order valence-electron chi connectivity index (χ3n) is 6.66. The first-order chi connectivity index (χ1) is 16.2. The number of aryl methyl sites for hydroxylation is 2. The van der Waals surface area contributed by atoms with Gasteiger partial charge in [0.2, 0.25) is 0 Å². The van der Waals surface area contributed by atoms with E-state index in [1.165, 1.54) is 6.07 Å². The number of nitrogens with one attached hydrogen (secondary N) is 1. The molecule has 3 aromatic rings. The lowest BCUT2D eigenvalue weighted by molar-refractivity contribution is -0.137. The molecule has 4 heterocycles. The average Bonchev–Trinajstić information content (AvgIpc) is 3.39. The predicted molar refractivity (Wildman–Crippen MR) is 121 cm³/mol. The van der Waals surface area contributed by atoms with Gasteiger partial charge in [-0.25, -0.2) is 4.98 Å². The molecule has 1 aliphatic carbocycles. The van der Waals surface area contributed by atoms with E-state index in [-0.39, 0.29) is 18.0 Å². The number of amides is 1. The molecule has 1 saturated carbocycles. The lowest BCUT2D eigenvalue weighted by Crippen LogP contribution is -2.48. The number of alkyl halides is 3. The topological polar surface area (TPSA) is 71.0 Å². The van der Waals surface area contributed by atoms with Crippen molar-refractivity contribution in [2.75, 3.05) is 11.9 Å². The van der Waals surface area contributed by atoms with Crippen LogP contribution in [0, 0.1) is 19.8 Å². The van der Waals surface area contributed by atoms with E-state index in [1.54, 1.807) is 12.4 Å². The van der Waals surface area contributed by atoms with E-state index in [0.717, 1.165) is 41.9 Å². The number of hydrogen-bond donors (Lipinski definition) is 1. The number of carbonyl (C=O) groups excluding carboxylic acids is 1. The van der Waals surface area contributed by atoms with E-state index in [0.29, 0.717) is 29.5 Å². The summed E-state index contributed by atoms with van der Waals surface area (Å²) >= 11 is 0. The maximum atomic E-state index is 13.7. The van der Waals surface area contributed by atoms with Gasteiger partial charge in [0.05, 0.1) is 17.3 Å². The fourth-order valence-corrected chi connectivity index (χ4v) is 5.07. The molecule has 2 aliphatic rings. The number of nitrogens with zero attached hydrogens (tertiary/aromatic N) is 4. The van der Waals surface area contributed by atoms with Crippen molar-refractivity contribution in [1.82, 2.24) is 19.9 Å². The Hall–Kier alpha value is -3.49. The zero-order chi connectivity index (χ0) is 24.0. The number of carbonyl (C=O) groups is 1. The Labute approximate surface area is 195 Å². The molecule has 1 aliphatic heterocycles. The van der Waals surface area contributed by atoms with E-state index < -0.39 is 11.7 Å². The first-order valence-electron chi connectivity index (χ1n) is 11.2. The molecule has 3 atom stereocenters. The minimum absolute atomic E-state index is 0.0811. The Balaban J connectivity index is 1.39. The lowest BCUT2D eigenvalue weighted by atomic mass is 10.0. The number of piperidine rings is 1. The van der Waals surface area contributed by atoms with Crippen LogP contribution in [0.25, 0.3) is 11.3 Å². The van der Waals surface area contributed by atoms with E-state index in [9.17, 15) is 18.0 Å². The molecule has 1 N–H and O–H groups in total. The molecule has 1 amide bonds. The monoisotopic (exact) mass is 467 g/mol. The number of hydrogen-bond acceptors (Lipinski definition) is 5. The highest BCUT2D eigenvalue weighted by Crippen LogP contribution is 2.40. The molecule has 9 heteroatoms. The van der Waals surface area contributed by atoms with Crippen LogP contribution in [0.5, 0.6) is 0 Å². The molecule has 2 bridgehead atoms. The molecule has 2 fully saturated rings. The number of anilines is 1. The van der Waals surface area contributed by atoms with Crippen LogP contribution in [-0.4, -0.2) is 44.4 Å². The Kier molecular flexibility index (Phi) is 5.50. The van der Waals surface area contributed by atoms with Gasteiger partial charge < -0.3 is 10.2 Å². The smallest absolute Gasteiger partial charge is 0.365 e. The quantitative estimate of drug-likeness (QED) is 0.592. The van der Waals surface area contributed by atoms with Crippen LogP contribution in [0.4, 0.5) is 19.0 Å². The minimum atomic E-state index is -4.42. The second-order valence-electron chi connectivity index (χ2n) is 9.12. The van der Waals surface area contributed by atoms with E-state index >= 15 is 0 Å². The summed E-state index contributed by atoms with van der Waals surface area (Å²) in [5.74, 6) is 0.544. The van der Waals surface area contributed by atoms with Crippen LogP contribution in [-0.2, 0) is 6.18 Å². The minimum Gasteiger partial charge on any atom is -0.365 e. The summed E-state index contributed by atoms with van der Waals surface area (Å²) in [5, 5.41) is 3.25. The van der Waals surface area contributed by atoms with Gasteiger partial charge in [-0.1, -0.05) is 6.07 Å². The summed E-state index contributed by atoms with van der Waals surface area (Å²) in [6.07, 6.45) is 1.47. The zero-order valence-corrected chi connectivity index (χ0v) is 18.8. The Bertz CT molecular complexity index is 1230. The largest absolute Gasteiger partial charge is 0.417 e. The highest BCUT2D eigenvalue weighted by Gasteiger charge is 2.47. The predicted octanol–water partition coefficient (Wildman–Crippen LogP) is 4.89. The molecule has 1 saturated heterocycles. The zero-order valence-electron chi connectivity index (χ0n) is 18.8. The summed E-state index contributed by atoms with van der Waals surface area (Å²) in [6, 6.07) is 7.93. The van der Waals surface area contributed by atoms with Crippen molar-refractivity contribution in [3.8, 4) is 11.3 Å². The van der Waals surface area contributed by atoms with Crippen molar-refractivity contribution in [3.63, 3.8) is 0 Å². The highest BCUT2D eigenvalue weighted by molar-refractivity contribution is 5.99. The number of likely N-dealkylation sites (tertiary alicyclic amines) is 1. The SMILES string of the molecule is Cc1cnc(C(=O)N2C[C@@H]3C[C@@H](Nc4ccc(C(F)(F)F)cn4)[C@@H]2C3)c(-c2ncccc2C)c1. The third-order valence-corrected chi connectivity index (χ3v) is 6.66. The molecular formula is C25H24F3N5O. The number of fused-ring (bicyclic) bond motifs is 2. The van der Waals surface area contributed by atoms with Crippen molar-refractivity contribution >= 4 is 11.7 Å². The number of aromatic nitrogens is 3. The average molecular weight is 467 g/mol. The molecule has 0 radical (unpaired) electrons. The molecule has 3 aromatic heterocycles. The molecule has 5 rings (SSSR count). The van der Waals surface area contributed by atoms with Crippen molar-refractivity contribution < 1.29 is 18.0 Å². The standard InChI is InChI=1S/C25H24F3N5O/c1-14-8-18(22-15(2)4-3-7-29-22)23(31-11-14)24(34)33-13-16-9-19(20(33)10-16)32-21-6-5-17(12-30-21)25(26,27)28/h3-8,11-12,16,19-20H,9-10,13H2,1-2H3,(H,30,32)/t16-,19-,20+/m1/s1. The molecule has 0 unspecified atom stereocenters. The molecular weight excluding hydrogens is 443 g/mol. The molecule has 0 spiro atoms. The summed E-state index contributed by atoms with van der Waals surface area (Å²) in [5.41, 5.74) is 2.92. The van der Waals surface area contributed by atoms with Gasteiger partial charge in [0.1, 0.15) is 11.5 Å². The van der Waals surface area contributed by atoms with Gasteiger partial charge in [0.15, 0.2) is 0 Å². The second-order valence-corrected chi connectivity index (χ2v) is 9.12. The Morgan fingerprint density at radius 2 is 1.91 bits per heavy atom. The summed E-state index contributed by atoms with van der Waals surface area (Å²) in [4.78, 5) is 28.4. The number of pyridine rings is 3. The van der Waals surface area contributed by atoms with Gasteiger partial charge in [-0.3, -0.25) is 14.8 Å². The first-order valence-corrected chi connectivity index (χ1v) is 11.2. The fourth-order valence-electron chi connectivity index (χ4n) is 5.07. The Morgan fingerprint density at radius 3 is 2.59 bits per heavy atom. The van der Waals surface area contributed by atoms with Gasteiger partial charge in [0, 0.05) is 36.7 Å². The van der Waals surface area contributed by atoms with Crippen LogP contribution >= 0.6 is 0 Å². The van der Waals surface area contributed by atoms with Gasteiger partial charge in [-0.15, -0.1) is 0 Å². The summed E-state index contributed by atoms with van der Waals surface area (Å²) < 4.78 is 38.5. The summed E-state index contributed by atoms with van der Waals surface area (Å²) in [6.45, 7) is 4.52. The van der Waals surface area contributed by atoms with Crippen LogP contribution < -0.4 is 5.32 Å². The van der Waals surface area contributed by atoms with Crippen LogP contribution in [0.3, 0.4) is 0 Å². The van der Waals surface area contributed by atoms with Crippen molar-refractivity contribution in [3.05, 3.63) is 71.3 Å². The number of rotatable bonds is 4. The Morgan fingerprint density at radius 1 is 1.09 bits per heavy atom.